The zero-order chi connectivity index (χ0) is 21.3. The molecule has 0 radical (unpaired) electrons. The molecule has 0 aromatic carbocycles. The fourth-order valence-electron chi connectivity index (χ4n) is 0.368. The first-order valence-electron chi connectivity index (χ1n) is 5.49. The Morgan fingerprint density at radius 3 is 1.20 bits per heavy atom. The third-order valence-electron chi connectivity index (χ3n) is 1.16. The highest BCUT2D eigenvalue weighted by Crippen LogP contribution is 2.36. The first kappa shape index (κ1) is 28.9. The summed E-state index contributed by atoms with van der Waals surface area (Å²) in [5.74, 6) is 0. The van der Waals surface area contributed by atoms with Crippen LogP contribution in [-0.2, 0) is 24.9 Å². The van der Waals surface area contributed by atoms with Gasteiger partial charge in [0.25, 0.3) is 0 Å². The molecule has 0 amide bonds. The van der Waals surface area contributed by atoms with E-state index in [0.717, 1.165) is 4.13 Å². The summed E-state index contributed by atoms with van der Waals surface area (Å²) < 4.78 is 142. The molecule has 7 nitrogen and oxygen atoms in total. The summed E-state index contributed by atoms with van der Waals surface area (Å²) >= 11 is 0. The largest absolute Gasteiger partial charge is 0.480 e. The number of hydrogen-bond donors (Lipinski definition) is 1. The van der Waals surface area contributed by atoms with Crippen LogP contribution < -0.4 is 5.48 Å². The van der Waals surface area contributed by atoms with E-state index in [0.29, 0.717) is 0 Å². The van der Waals surface area contributed by atoms with E-state index in [2.05, 4.69) is 4.84 Å². The number of rotatable bonds is 4. The molecular weight excluding hydrogens is 427 g/mol. The van der Waals surface area contributed by atoms with Crippen molar-refractivity contribution in [2.75, 3.05) is 13.7 Å². The van der Waals surface area contributed by atoms with Crippen molar-refractivity contribution < 1.29 is 61.2 Å². The molecule has 0 atom stereocenters. The van der Waals surface area contributed by atoms with Gasteiger partial charge in [0.05, 0.1) is 0 Å². The maximum Gasteiger partial charge on any atom is 0.480 e. The fourth-order valence-corrected chi connectivity index (χ4v) is 2.08. The van der Waals surface area contributed by atoms with Crippen LogP contribution in [0.25, 0.3) is 4.13 Å². The highest BCUT2D eigenvalue weighted by atomic mass is 32.3. The van der Waals surface area contributed by atoms with Crippen molar-refractivity contribution in [2.24, 2.45) is 0 Å². The van der Waals surface area contributed by atoms with Crippen molar-refractivity contribution in [3.63, 3.8) is 0 Å². The molecule has 0 unspecified atom stereocenters. The van der Waals surface area contributed by atoms with E-state index in [1.165, 1.54) is 7.05 Å². The fraction of sp³-hybridized carbons (Fsp3) is 1.00. The van der Waals surface area contributed by atoms with Crippen LogP contribution in [0.3, 0.4) is 0 Å². The number of nitrogens with one attached hydrogen (secondary N) is 1. The average Bonchev–Trinajstić information content (AvgIpc) is 2.34. The van der Waals surface area contributed by atoms with E-state index in [1.54, 1.807) is 0 Å². The van der Waals surface area contributed by atoms with Gasteiger partial charge in [-0.2, -0.15) is 39.5 Å². The molecule has 18 heteroatoms. The maximum absolute atomic E-state index is 11.4. The standard InChI is InChI=1S/C3H6F3NO.C2F6NO4S2.C2H6/c1-7-8-2-3(4,5)6;3-1(4,5)14(10,11)9-15(12,13)2(6,7)8;1-2/h7H,2H2,1H3;;1-2H3/q;-1;. The molecule has 0 saturated heterocycles. The molecule has 0 spiro atoms. The molecule has 0 bridgehead atoms. The molecule has 25 heavy (non-hydrogen) atoms. The second-order valence-electron chi connectivity index (χ2n) is 3.02. The van der Waals surface area contributed by atoms with E-state index in [1.807, 2.05) is 19.3 Å². The number of hydroxylamine groups is 1. The Morgan fingerprint density at radius 1 is 0.800 bits per heavy atom. The van der Waals surface area contributed by atoms with Crippen LogP contribution in [0, 0.1) is 0 Å². The summed E-state index contributed by atoms with van der Waals surface area (Å²) in [4.78, 5) is 3.82. The summed E-state index contributed by atoms with van der Waals surface area (Å²) in [5.41, 5.74) is -10.5. The molecule has 0 aliphatic rings. The van der Waals surface area contributed by atoms with Crippen LogP contribution in [0.1, 0.15) is 13.8 Å². The molecule has 156 valence electrons. The SMILES string of the molecule is CC.CNOCC(F)(F)F.O=S(=O)([N-]S(=O)(=O)C(F)(F)F)C(F)(F)F. The Morgan fingerprint density at radius 2 is 1.08 bits per heavy atom. The van der Waals surface area contributed by atoms with Crippen molar-refractivity contribution >= 4 is 20.0 Å². The zero-order valence-electron chi connectivity index (χ0n) is 12.4. The lowest BCUT2D eigenvalue weighted by Crippen LogP contribution is -2.30. The average molecular weight is 439 g/mol. The second-order valence-corrected chi connectivity index (χ2v) is 6.45. The number of halogens is 9. The van der Waals surface area contributed by atoms with Crippen LogP contribution in [0.4, 0.5) is 39.5 Å². The molecule has 0 aromatic heterocycles. The Balaban J connectivity index is -0.000000408. The molecule has 0 aromatic rings. The van der Waals surface area contributed by atoms with Gasteiger partial charge in [-0.1, -0.05) is 13.8 Å². The Bertz CT molecular complexity index is 523. The first-order valence-corrected chi connectivity index (χ1v) is 8.37. The minimum Gasteiger partial charge on any atom is -0.421 e. The van der Waals surface area contributed by atoms with Crippen molar-refractivity contribution in [1.82, 2.24) is 5.48 Å². The number of sulfonamides is 2. The quantitative estimate of drug-likeness (QED) is 0.534. The van der Waals surface area contributed by atoms with Crippen molar-refractivity contribution in [2.45, 2.75) is 31.0 Å². The lowest BCUT2D eigenvalue weighted by molar-refractivity contribution is -0.187. The summed E-state index contributed by atoms with van der Waals surface area (Å²) in [6.45, 7) is 2.75. The van der Waals surface area contributed by atoms with Gasteiger partial charge in [0, 0.05) is 7.05 Å². The van der Waals surface area contributed by atoms with Crippen LogP contribution in [-0.4, -0.2) is 47.7 Å². The molecule has 0 rings (SSSR count). The zero-order valence-corrected chi connectivity index (χ0v) is 14.0. The van der Waals surface area contributed by atoms with Crippen molar-refractivity contribution in [1.29, 1.82) is 0 Å². The van der Waals surface area contributed by atoms with E-state index < -0.39 is 43.8 Å². The number of alkyl halides is 9. The number of hydrogen-bond acceptors (Lipinski definition) is 6. The second kappa shape index (κ2) is 10.3. The minimum absolute atomic E-state index is 0.778. The van der Waals surface area contributed by atoms with E-state index in [-0.39, 0.29) is 0 Å². The van der Waals surface area contributed by atoms with Crippen LogP contribution >= 0.6 is 0 Å². The number of nitrogens with zero attached hydrogens (tertiary/aromatic N) is 1. The Labute approximate surface area is 136 Å². The summed E-state index contributed by atoms with van der Waals surface area (Å²) in [6, 6.07) is 0. The molecule has 0 saturated carbocycles. The van der Waals surface area contributed by atoms with Gasteiger partial charge >= 0.3 is 17.2 Å². The van der Waals surface area contributed by atoms with Gasteiger partial charge in [-0.25, -0.2) is 22.3 Å². The van der Waals surface area contributed by atoms with Crippen molar-refractivity contribution in [3.8, 4) is 0 Å². The van der Waals surface area contributed by atoms with Gasteiger partial charge in [0.1, 0.15) is 0 Å². The highest BCUT2D eigenvalue weighted by Gasteiger charge is 2.46. The van der Waals surface area contributed by atoms with Gasteiger partial charge in [0.2, 0.25) is 0 Å². The van der Waals surface area contributed by atoms with Gasteiger partial charge in [-0.3, -0.25) is 4.84 Å². The van der Waals surface area contributed by atoms with Crippen molar-refractivity contribution in [3.05, 3.63) is 4.13 Å². The van der Waals surface area contributed by atoms with Gasteiger partial charge in [0.15, 0.2) is 26.7 Å². The molecule has 0 fully saturated rings. The molecule has 1 N–H and O–H groups in total. The molecule has 0 aliphatic carbocycles. The van der Waals surface area contributed by atoms with E-state index in [9.17, 15) is 56.3 Å². The summed E-state index contributed by atoms with van der Waals surface area (Å²) in [7, 11) is -12.2. The highest BCUT2D eigenvalue weighted by molar-refractivity contribution is 8.13. The predicted octanol–water partition coefficient (Wildman–Crippen LogP) is 2.79. The van der Waals surface area contributed by atoms with Gasteiger partial charge in [-0.05, 0) is 0 Å². The lowest BCUT2D eigenvalue weighted by Gasteiger charge is -2.22. The lowest BCUT2D eigenvalue weighted by atomic mass is 10.7. The third-order valence-corrected chi connectivity index (χ3v) is 3.90. The normalized spacial score (nSPS) is 13.3. The Kier molecular flexibility index (Phi) is 12.0. The van der Waals surface area contributed by atoms with Crippen LogP contribution in [0.5, 0.6) is 0 Å². The first-order chi connectivity index (χ1) is 10.8. The van der Waals surface area contributed by atoms with Crippen LogP contribution in [0.2, 0.25) is 0 Å². The third kappa shape index (κ3) is 13.1. The smallest absolute Gasteiger partial charge is 0.421 e. The molecule has 0 heterocycles. The van der Waals surface area contributed by atoms with Crippen LogP contribution in [0.15, 0.2) is 0 Å². The summed E-state index contributed by atoms with van der Waals surface area (Å²) in [5, 5.41) is 0. The molecule has 0 aliphatic heterocycles. The predicted molar refractivity (Wildman–Crippen MR) is 65.7 cm³/mol. The Hall–Kier alpha value is -0.850. The summed E-state index contributed by atoms with van der Waals surface area (Å²) in [6.07, 6.45) is -4.23. The molecular formula is C7H12F9N2O5S2-. The monoisotopic (exact) mass is 439 g/mol. The van der Waals surface area contributed by atoms with Gasteiger partial charge in [-0.15, -0.1) is 0 Å². The van der Waals surface area contributed by atoms with Gasteiger partial charge < -0.3 is 4.13 Å². The van der Waals surface area contributed by atoms with E-state index >= 15 is 0 Å². The topological polar surface area (TPSA) is 104 Å². The minimum atomic E-state index is -6.72. The maximum atomic E-state index is 11.4. The van der Waals surface area contributed by atoms with E-state index in [4.69, 9.17) is 0 Å².